The first-order valence-corrected chi connectivity index (χ1v) is 10.7. The van der Waals surface area contributed by atoms with Crippen molar-refractivity contribution in [1.82, 2.24) is 20.0 Å². The van der Waals surface area contributed by atoms with Crippen LogP contribution in [0.15, 0.2) is 35.1 Å². The number of piperidine rings is 1. The Hall–Kier alpha value is -2.68. The summed E-state index contributed by atoms with van der Waals surface area (Å²) in [5.74, 6) is -0.134. The zero-order valence-electron chi connectivity index (χ0n) is 18.8. The monoisotopic (exact) mass is 450 g/mol. The maximum Gasteiger partial charge on any atom is 0.418 e. The third-order valence-electron chi connectivity index (χ3n) is 5.95. The van der Waals surface area contributed by atoms with Crippen molar-refractivity contribution in [3.05, 3.63) is 57.5 Å². The quantitative estimate of drug-likeness (QED) is 0.753. The molecule has 0 aliphatic carbocycles. The smallest absolute Gasteiger partial charge is 0.349 e. The van der Waals surface area contributed by atoms with E-state index in [0.29, 0.717) is 5.92 Å². The van der Waals surface area contributed by atoms with Crippen LogP contribution in [0, 0.1) is 12.8 Å². The number of carbonyl (C=O) groups is 1. The van der Waals surface area contributed by atoms with Gasteiger partial charge in [0.2, 0.25) is 5.43 Å². The van der Waals surface area contributed by atoms with Crippen molar-refractivity contribution in [1.29, 1.82) is 0 Å². The van der Waals surface area contributed by atoms with Crippen molar-refractivity contribution in [2.45, 2.75) is 52.3 Å². The average Bonchev–Trinajstić information content (AvgIpc) is 2.71. The van der Waals surface area contributed by atoms with Gasteiger partial charge in [-0.2, -0.15) is 18.3 Å². The van der Waals surface area contributed by atoms with Crippen molar-refractivity contribution in [3.63, 3.8) is 0 Å². The molecule has 1 saturated heterocycles. The molecule has 174 valence electrons. The second-order valence-corrected chi connectivity index (χ2v) is 9.11. The number of benzene rings is 1. The van der Waals surface area contributed by atoms with Crippen LogP contribution in [0.2, 0.25) is 0 Å². The van der Waals surface area contributed by atoms with Gasteiger partial charge >= 0.3 is 6.18 Å². The van der Waals surface area contributed by atoms with Crippen molar-refractivity contribution in [2.24, 2.45) is 5.92 Å². The number of aryl methyl sites for hydroxylation is 1. The van der Waals surface area contributed by atoms with E-state index in [9.17, 15) is 22.8 Å². The lowest BCUT2D eigenvalue weighted by Gasteiger charge is -2.43. The molecule has 1 aromatic heterocycles. The molecule has 0 bridgehead atoms. The highest BCUT2D eigenvalue weighted by molar-refractivity contribution is 5.92. The molecular weight excluding hydrogens is 421 g/mol. The number of halogens is 3. The number of likely N-dealkylation sites (tertiary alicyclic amines) is 1. The molecule has 0 radical (unpaired) electrons. The van der Waals surface area contributed by atoms with Crippen molar-refractivity contribution < 1.29 is 18.0 Å². The van der Waals surface area contributed by atoms with Crippen LogP contribution in [0.1, 0.15) is 55.4 Å². The first kappa shape index (κ1) is 24.0. The lowest BCUT2D eigenvalue weighted by Crippen LogP contribution is -2.55. The van der Waals surface area contributed by atoms with Crippen LogP contribution < -0.4 is 10.7 Å². The van der Waals surface area contributed by atoms with Gasteiger partial charge in [0.05, 0.1) is 11.3 Å². The lowest BCUT2D eigenvalue weighted by atomic mass is 9.93. The van der Waals surface area contributed by atoms with Gasteiger partial charge in [-0.1, -0.05) is 19.1 Å². The summed E-state index contributed by atoms with van der Waals surface area (Å²) in [5.41, 5.74) is -2.34. The maximum atomic E-state index is 13.5. The molecule has 3 rings (SSSR count). The highest BCUT2D eigenvalue weighted by Gasteiger charge is 2.35. The zero-order valence-corrected chi connectivity index (χ0v) is 18.8. The topological polar surface area (TPSA) is 67.2 Å². The largest absolute Gasteiger partial charge is 0.418 e. The summed E-state index contributed by atoms with van der Waals surface area (Å²) < 4.78 is 41.4. The number of aromatic nitrogens is 2. The summed E-state index contributed by atoms with van der Waals surface area (Å²) in [6, 6.07) is 6.06. The molecule has 6 nitrogen and oxygen atoms in total. The number of hydrogen-bond acceptors (Lipinski definition) is 4. The molecule has 0 spiro atoms. The molecule has 1 aliphatic rings. The van der Waals surface area contributed by atoms with Gasteiger partial charge in [0, 0.05) is 30.4 Å². The Balaban J connectivity index is 1.87. The predicted molar refractivity (Wildman–Crippen MR) is 116 cm³/mol. The SMILES string of the molecule is Cc1cc(=O)c(C(=O)NCC(C)(C)N2CCC[C@H](C)C2)nn1-c1ccccc1C(F)(F)F. The summed E-state index contributed by atoms with van der Waals surface area (Å²) in [7, 11) is 0. The predicted octanol–water partition coefficient (Wildman–Crippen LogP) is 3.80. The second kappa shape index (κ2) is 9.05. The molecule has 1 fully saturated rings. The molecule has 1 aliphatic heterocycles. The van der Waals surface area contributed by atoms with E-state index in [4.69, 9.17) is 0 Å². The molecule has 9 heteroatoms. The summed E-state index contributed by atoms with van der Waals surface area (Å²) in [4.78, 5) is 27.6. The van der Waals surface area contributed by atoms with Crippen molar-refractivity contribution in [3.8, 4) is 5.69 Å². The van der Waals surface area contributed by atoms with Gasteiger partial charge in [-0.3, -0.25) is 14.5 Å². The van der Waals surface area contributed by atoms with E-state index in [1.54, 1.807) is 0 Å². The lowest BCUT2D eigenvalue weighted by molar-refractivity contribution is -0.137. The van der Waals surface area contributed by atoms with Gasteiger partial charge in [0.15, 0.2) is 5.69 Å². The van der Waals surface area contributed by atoms with Crippen LogP contribution in [0.5, 0.6) is 0 Å². The van der Waals surface area contributed by atoms with Crippen LogP contribution in [-0.4, -0.2) is 45.8 Å². The molecule has 1 aromatic carbocycles. The number of nitrogens with one attached hydrogen (secondary N) is 1. The fourth-order valence-electron chi connectivity index (χ4n) is 4.08. The van der Waals surface area contributed by atoms with E-state index >= 15 is 0 Å². The molecule has 1 atom stereocenters. The molecule has 0 unspecified atom stereocenters. The summed E-state index contributed by atoms with van der Waals surface area (Å²) >= 11 is 0. The fourth-order valence-corrected chi connectivity index (χ4v) is 4.08. The van der Waals surface area contributed by atoms with Crippen LogP contribution >= 0.6 is 0 Å². The van der Waals surface area contributed by atoms with Gasteiger partial charge in [0.1, 0.15) is 0 Å². The maximum absolute atomic E-state index is 13.5. The Kier molecular flexibility index (Phi) is 6.78. The number of alkyl halides is 3. The number of rotatable bonds is 5. The standard InChI is InChI=1S/C23H29F3N4O2/c1-15-8-7-11-29(13-15)22(3,4)14-27-21(32)20-19(31)12-16(2)30(28-20)18-10-6-5-9-17(18)23(24,25)26/h5-6,9-10,12,15H,7-8,11,13-14H2,1-4H3,(H,27,32)/t15-/m0/s1. The Morgan fingerprint density at radius 3 is 2.59 bits per heavy atom. The molecule has 1 amide bonds. The second-order valence-electron chi connectivity index (χ2n) is 9.11. The van der Waals surface area contributed by atoms with E-state index < -0.39 is 28.8 Å². The number of carbonyl (C=O) groups excluding carboxylic acids is 1. The molecule has 2 aromatic rings. The first-order valence-electron chi connectivity index (χ1n) is 10.7. The van der Waals surface area contributed by atoms with Gasteiger partial charge in [-0.25, -0.2) is 4.68 Å². The minimum Gasteiger partial charge on any atom is -0.349 e. The highest BCUT2D eigenvalue weighted by Crippen LogP contribution is 2.33. The third-order valence-corrected chi connectivity index (χ3v) is 5.95. The van der Waals surface area contributed by atoms with Crippen LogP contribution in [0.3, 0.4) is 0 Å². The van der Waals surface area contributed by atoms with Gasteiger partial charge in [-0.15, -0.1) is 0 Å². The average molecular weight is 451 g/mol. The zero-order chi connectivity index (χ0) is 23.7. The Bertz CT molecular complexity index is 1050. The van der Waals surface area contributed by atoms with E-state index in [2.05, 4.69) is 22.2 Å². The summed E-state index contributed by atoms with van der Waals surface area (Å²) in [6.45, 7) is 9.84. The molecule has 1 N–H and O–H groups in total. The van der Waals surface area contributed by atoms with E-state index in [0.717, 1.165) is 36.3 Å². The number of para-hydroxylation sites is 1. The third kappa shape index (κ3) is 5.20. The molecular formula is C23H29F3N4O2. The minimum absolute atomic E-state index is 0.200. The number of hydrogen-bond donors (Lipinski definition) is 1. The fraction of sp³-hybridized carbons (Fsp3) is 0.522. The van der Waals surface area contributed by atoms with E-state index in [1.807, 2.05) is 13.8 Å². The normalized spacial score (nSPS) is 17.9. The van der Waals surface area contributed by atoms with E-state index in [1.165, 1.54) is 31.5 Å². The van der Waals surface area contributed by atoms with Gasteiger partial charge in [0.25, 0.3) is 5.91 Å². The van der Waals surface area contributed by atoms with Crippen LogP contribution in [0.4, 0.5) is 13.2 Å². The number of amides is 1. The molecule has 2 heterocycles. The number of nitrogens with zero attached hydrogens (tertiary/aromatic N) is 3. The van der Waals surface area contributed by atoms with Gasteiger partial charge < -0.3 is 5.32 Å². The summed E-state index contributed by atoms with van der Waals surface area (Å²) in [6.07, 6.45) is -2.35. The van der Waals surface area contributed by atoms with Gasteiger partial charge in [-0.05, 0) is 58.2 Å². The van der Waals surface area contributed by atoms with Crippen LogP contribution in [-0.2, 0) is 6.18 Å². The highest BCUT2D eigenvalue weighted by atomic mass is 19.4. The Morgan fingerprint density at radius 2 is 1.94 bits per heavy atom. The van der Waals surface area contributed by atoms with Crippen LogP contribution in [0.25, 0.3) is 5.69 Å². The first-order chi connectivity index (χ1) is 14.9. The Morgan fingerprint density at radius 1 is 1.25 bits per heavy atom. The van der Waals surface area contributed by atoms with Crippen molar-refractivity contribution >= 4 is 5.91 Å². The molecule has 32 heavy (non-hydrogen) atoms. The van der Waals surface area contributed by atoms with E-state index in [-0.39, 0.29) is 23.5 Å². The Labute approximate surface area is 185 Å². The minimum atomic E-state index is -4.61. The van der Waals surface area contributed by atoms with Crippen molar-refractivity contribution in [2.75, 3.05) is 19.6 Å². The molecule has 0 saturated carbocycles. The summed E-state index contributed by atoms with van der Waals surface area (Å²) in [5, 5.41) is 6.78.